The van der Waals surface area contributed by atoms with Crippen LogP contribution in [-0.4, -0.2) is 29.6 Å². The van der Waals surface area contributed by atoms with Crippen LogP contribution in [0.2, 0.25) is 0 Å². The number of benzene rings is 2. The Bertz CT molecular complexity index is 886. The van der Waals surface area contributed by atoms with Gasteiger partial charge in [-0.15, -0.1) is 0 Å². The van der Waals surface area contributed by atoms with Crippen LogP contribution < -0.4 is 5.73 Å². The van der Waals surface area contributed by atoms with E-state index in [4.69, 9.17) is 5.73 Å². The van der Waals surface area contributed by atoms with Crippen molar-refractivity contribution in [2.75, 3.05) is 7.05 Å². The maximum Gasteiger partial charge on any atom is 0.231 e. The van der Waals surface area contributed by atoms with E-state index in [-0.39, 0.29) is 24.1 Å². The van der Waals surface area contributed by atoms with Crippen molar-refractivity contribution in [2.24, 2.45) is 10.7 Å². The largest absolute Gasteiger partial charge is 0.369 e. The summed E-state index contributed by atoms with van der Waals surface area (Å²) < 4.78 is 0. The molecule has 1 aliphatic heterocycles. The minimum Gasteiger partial charge on any atom is -0.369 e. The molecule has 0 aromatic heterocycles. The number of hydrogen-bond donors (Lipinski definition) is 1. The lowest BCUT2D eigenvalue weighted by Gasteiger charge is -2.33. The number of amides is 1. The van der Waals surface area contributed by atoms with Crippen LogP contribution in [0.4, 0.5) is 0 Å². The number of rotatable bonds is 4. The number of aliphatic imine (C=N–C) groups is 1. The van der Waals surface area contributed by atoms with Crippen molar-refractivity contribution >= 4 is 17.6 Å². The van der Waals surface area contributed by atoms with Crippen molar-refractivity contribution in [3.05, 3.63) is 70.8 Å². The highest BCUT2D eigenvalue weighted by Crippen LogP contribution is 2.33. The van der Waals surface area contributed by atoms with Crippen LogP contribution in [-0.2, 0) is 16.8 Å². The quantitative estimate of drug-likeness (QED) is 0.863. The first kappa shape index (κ1) is 17.9. The van der Waals surface area contributed by atoms with Gasteiger partial charge in [-0.1, -0.05) is 54.1 Å². The summed E-state index contributed by atoms with van der Waals surface area (Å²) in [6, 6.07) is 15.3. The van der Waals surface area contributed by atoms with Crippen LogP contribution >= 0.6 is 0 Å². The summed E-state index contributed by atoms with van der Waals surface area (Å²) in [6.45, 7) is 3.89. The van der Waals surface area contributed by atoms with E-state index < -0.39 is 5.54 Å². The van der Waals surface area contributed by atoms with E-state index in [0.29, 0.717) is 12.0 Å². The molecule has 0 saturated heterocycles. The molecule has 1 atom stereocenters. The second kappa shape index (κ2) is 6.75. The lowest BCUT2D eigenvalue weighted by atomic mass is 9.86. The Hall–Kier alpha value is -2.95. The van der Waals surface area contributed by atoms with Crippen molar-refractivity contribution in [3.8, 4) is 0 Å². The lowest BCUT2D eigenvalue weighted by Crippen LogP contribution is -2.47. The van der Waals surface area contributed by atoms with Gasteiger partial charge in [0.1, 0.15) is 0 Å². The molecule has 0 radical (unpaired) electrons. The summed E-state index contributed by atoms with van der Waals surface area (Å²) >= 11 is 0. The van der Waals surface area contributed by atoms with Gasteiger partial charge in [-0.3, -0.25) is 14.5 Å². The summed E-state index contributed by atoms with van der Waals surface area (Å²) in [4.78, 5) is 30.6. The molecule has 0 saturated carbocycles. The van der Waals surface area contributed by atoms with Crippen LogP contribution in [0, 0.1) is 6.92 Å². The topological polar surface area (TPSA) is 75.8 Å². The third-order valence-electron chi connectivity index (χ3n) is 4.86. The van der Waals surface area contributed by atoms with Gasteiger partial charge in [0.25, 0.3) is 0 Å². The van der Waals surface area contributed by atoms with Gasteiger partial charge in [0, 0.05) is 19.0 Å². The monoisotopic (exact) mass is 349 g/mol. The zero-order valence-electron chi connectivity index (χ0n) is 15.3. The highest BCUT2D eigenvalue weighted by atomic mass is 16.2. The van der Waals surface area contributed by atoms with Gasteiger partial charge in [0.2, 0.25) is 5.91 Å². The van der Waals surface area contributed by atoms with Gasteiger partial charge in [0.05, 0.1) is 12.0 Å². The molecule has 134 valence electrons. The first-order chi connectivity index (χ1) is 12.3. The zero-order valence-corrected chi connectivity index (χ0v) is 15.3. The molecule has 1 unspecified atom stereocenters. The molecule has 1 amide bonds. The van der Waals surface area contributed by atoms with Crippen LogP contribution in [0.3, 0.4) is 0 Å². The van der Waals surface area contributed by atoms with Crippen molar-refractivity contribution in [1.29, 1.82) is 0 Å². The molecule has 2 aromatic rings. The molecular formula is C21H23N3O2. The van der Waals surface area contributed by atoms with E-state index in [1.165, 1.54) is 4.90 Å². The number of aryl methyl sites for hydroxylation is 1. The standard InChI is InChI=1S/C21H23N3O2/c1-14-7-9-16(10-8-14)18(25)12-15-5-4-6-17(11-15)21(2)13-19(26)24(3)20(22)23-21/h4-11H,12-13H2,1-3H3,(H2,22,23). The van der Waals surface area contributed by atoms with E-state index in [2.05, 4.69) is 4.99 Å². The molecule has 2 aromatic carbocycles. The smallest absolute Gasteiger partial charge is 0.231 e. The number of nitrogens with zero attached hydrogens (tertiary/aromatic N) is 2. The van der Waals surface area contributed by atoms with Crippen molar-refractivity contribution in [3.63, 3.8) is 0 Å². The van der Waals surface area contributed by atoms with Gasteiger partial charge >= 0.3 is 0 Å². The molecule has 5 heteroatoms. The number of nitrogens with two attached hydrogens (primary N) is 1. The highest BCUT2D eigenvalue weighted by Gasteiger charge is 2.36. The van der Waals surface area contributed by atoms with E-state index in [9.17, 15) is 9.59 Å². The van der Waals surface area contributed by atoms with Gasteiger partial charge in [0.15, 0.2) is 11.7 Å². The molecule has 1 heterocycles. The molecule has 1 aliphatic rings. The van der Waals surface area contributed by atoms with Gasteiger partial charge in [-0.05, 0) is 25.0 Å². The minimum atomic E-state index is -0.712. The van der Waals surface area contributed by atoms with Gasteiger partial charge in [-0.2, -0.15) is 0 Å². The lowest BCUT2D eigenvalue weighted by molar-refractivity contribution is -0.128. The second-order valence-electron chi connectivity index (χ2n) is 7.04. The number of ketones is 1. The number of Topliss-reactive ketones (excluding diaryl/α,β-unsaturated/α-hetero) is 1. The van der Waals surface area contributed by atoms with E-state index >= 15 is 0 Å². The summed E-state index contributed by atoms with van der Waals surface area (Å²) in [7, 11) is 1.62. The Balaban J connectivity index is 1.85. The molecule has 0 fully saturated rings. The summed E-state index contributed by atoms with van der Waals surface area (Å²) in [6.07, 6.45) is 0.555. The Morgan fingerprint density at radius 1 is 1.23 bits per heavy atom. The third-order valence-corrected chi connectivity index (χ3v) is 4.86. The summed E-state index contributed by atoms with van der Waals surface area (Å²) in [5.74, 6) is 0.209. The normalized spacial score (nSPS) is 20.0. The zero-order chi connectivity index (χ0) is 18.9. The first-order valence-corrected chi connectivity index (χ1v) is 8.60. The van der Waals surface area contributed by atoms with Crippen molar-refractivity contribution in [1.82, 2.24) is 4.90 Å². The fraction of sp³-hybridized carbons (Fsp3) is 0.286. The molecule has 5 nitrogen and oxygen atoms in total. The number of carbonyl (C=O) groups excluding carboxylic acids is 2. The van der Waals surface area contributed by atoms with Crippen LogP contribution in [0.5, 0.6) is 0 Å². The molecule has 0 aliphatic carbocycles. The van der Waals surface area contributed by atoms with Crippen molar-refractivity contribution in [2.45, 2.75) is 32.2 Å². The molecule has 0 spiro atoms. The van der Waals surface area contributed by atoms with E-state index in [1.807, 2.05) is 62.4 Å². The van der Waals surface area contributed by atoms with Crippen LogP contribution in [0.15, 0.2) is 53.5 Å². The number of hydrogen-bond acceptors (Lipinski definition) is 4. The molecule has 2 N–H and O–H groups in total. The Morgan fingerprint density at radius 3 is 2.58 bits per heavy atom. The molecule has 0 bridgehead atoms. The highest BCUT2D eigenvalue weighted by molar-refractivity contribution is 5.99. The molecular weight excluding hydrogens is 326 g/mol. The number of carbonyl (C=O) groups is 2. The van der Waals surface area contributed by atoms with E-state index in [1.54, 1.807) is 7.05 Å². The summed E-state index contributed by atoms with van der Waals surface area (Å²) in [5.41, 5.74) is 8.78. The van der Waals surface area contributed by atoms with Gasteiger partial charge in [-0.25, -0.2) is 4.99 Å². The van der Waals surface area contributed by atoms with Crippen LogP contribution in [0.25, 0.3) is 0 Å². The molecule has 26 heavy (non-hydrogen) atoms. The predicted octanol–water partition coefficient (Wildman–Crippen LogP) is 2.81. The molecule has 3 rings (SSSR count). The SMILES string of the molecule is Cc1ccc(C(=O)Cc2cccc(C3(C)CC(=O)N(C)C(N)=N3)c2)cc1. The maximum atomic E-state index is 12.5. The van der Waals surface area contributed by atoms with Crippen LogP contribution in [0.1, 0.15) is 40.4 Å². The number of guanidine groups is 1. The Kier molecular flexibility index (Phi) is 4.64. The van der Waals surface area contributed by atoms with E-state index in [0.717, 1.165) is 16.7 Å². The second-order valence-corrected chi connectivity index (χ2v) is 7.04. The fourth-order valence-corrected chi connectivity index (χ4v) is 3.12. The third kappa shape index (κ3) is 3.52. The minimum absolute atomic E-state index is 0.0646. The Labute approximate surface area is 153 Å². The first-order valence-electron chi connectivity index (χ1n) is 8.60. The fourth-order valence-electron chi connectivity index (χ4n) is 3.12. The summed E-state index contributed by atoms with van der Waals surface area (Å²) in [5, 5.41) is 0. The van der Waals surface area contributed by atoms with Crippen molar-refractivity contribution < 1.29 is 9.59 Å². The maximum absolute atomic E-state index is 12.5. The average molecular weight is 349 g/mol. The van der Waals surface area contributed by atoms with Gasteiger partial charge < -0.3 is 5.73 Å². The Morgan fingerprint density at radius 2 is 1.92 bits per heavy atom. The average Bonchev–Trinajstić information content (AvgIpc) is 2.60. The predicted molar refractivity (Wildman–Crippen MR) is 102 cm³/mol.